The van der Waals surface area contributed by atoms with Crippen molar-refractivity contribution in [3.63, 3.8) is 0 Å². The van der Waals surface area contributed by atoms with Crippen LogP contribution in [0.2, 0.25) is 0 Å². The summed E-state index contributed by atoms with van der Waals surface area (Å²) in [6.45, 7) is 2.02. The first-order chi connectivity index (χ1) is 10.3. The molecule has 0 aromatic heterocycles. The predicted octanol–water partition coefficient (Wildman–Crippen LogP) is 3.23. The van der Waals surface area contributed by atoms with Crippen LogP contribution in [0.3, 0.4) is 0 Å². The predicted molar refractivity (Wildman–Crippen MR) is 83.7 cm³/mol. The zero-order chi connectivity index (χ0) is 14.9. The summed E-state index contributed by atoms with van der Waals surface area (Å²) in [6.07, 6.45) is 0. The van der Waals surface area contributed by atoms with Crippen LogP contribution in [0.1, 0.15) is 22.6 Å². The second kappa shape index (κ2) is 8.21. The summed E-state index contributed by atoms with van der Waals surface area (Å²) in [5, 5.41) is 12.6. The monoisotopic (exact) mass is 280 g/mol. The van der Waals surface area contributed by atoms with Gasteiger partial charge in [-0.2, -0.15) is 5.26 Å². The van der Waals surface area contributed by atoms with Crippen molar-refractivity contribution in [2.45, 2.75) is 19.1 Å². The number of rotatable bonds is 7. The maximum absolute atomic E-state index is 9.28. The van der Waals surface area contributed by atoms with E-state index in [-0.39, 0.29) is 5.92 Å². The fourth-order valence-corrected chi connectivity index (χ4v) is 2.28. The van der Waals surface area contributed by atoms with Crippen LogP contribution in [0.15, 0.2) is 54.6 Å². The van der Waals surface area contributed by atoms with Crippen molar-refractivity contribution in [3.8, 4) is 6.07 Å². The maximum Gasteiger partial charge on any atom is 0.0837 e. The Hall–Kier alpha value is -2.15. The first kappa shape index (κ1) is 15.2. The lowest BCUT2D eigenvalue weighted by Gasteiger charge is -2.11. The van der Waals surface area contributed by atoms with Crippen LogP contribution < -0.4 is 5.32 Å². The van der Waals surface area contributed by atoms with Gasteiger partial charge < -0.3 is 10.1 Å². The molecule has 0 saturated heterocycles. The van der Waals surface area contributed by atoms with E-state index >= 15 is 0 Å². The van der Waals surface area contributed by atoms with Crippen LogP contribution in [0, 0.1) is 11.3 Å². The van der Waals surface area contributed by atoms with Gasteiger partial charge in [0.25, 0.3) is 0 Å². The minimum atomic E-state index is -0.117. The summed E-state index contributed by atoms with van der Waals surface area (Å²) in [5.41, 5.74) is 3.42. The molecule has 0 saturated carbocycles. The molecule has 0 heterocycles. The van der Waals surface area contributed by atoms with Crippen molar-refractivity contribution >= 4 is 0 Å². The molecule has 3 heteroatoms. The average molecular weight is 280 g/mol. The summed E-state index contributed by atoms with van der Waals surface area (Å²) in [5.74, 6) is -0.117. The minimum Gasteiger partial charge on any atom is -0.380 e. The molecule has 0 aliphatic carbocycles. The maximum atomic E-state index is 9.28. The van der Waals surface area contributed by atoms with Gasteiger partial charge in [-0.15, -0.1) is 0 Å². The van der Waals surface area contributed by atoms with E-state index in [9.17, 15) is 5.26 Å². The third-order valence-corrected chi connectivity index (χ3v) is 3.34. The Kier molecular flexibility index (Phi) is 5.96. The number of benzene rings is 2. The summed E-state index contributed by atoms with van der Waals surface area (Å²) in [6, 6.07) is 20.5. The standard InChI is InChI=1S/C18H20N2O/c1-21-14-16-7-5-6-15(10-16)12-20-13-18(11-19)17-8-3-2-4-9-17/h2-10,18,20H,12-14H2,1H3. The molecule has 2 rings (SSSR count). The first-order valence-corrected chi connectivity index (χ1v) is 7.05. The van der Waals surface area contributed by atoms with Crippen molar-refractivity contribution in [1.29, 1.82) is 5.26 Å². The smallest absolute Gasteiger partial charge is 0.0837 e. The number of nitrogens with zero attached hydrogens (tertiary/aromatic N) is 1. The summed E-state index contributed by atoms with van der Waals surface area (Å²) < 4.78 is 5.14. The highest BCUT2D eigenvalue weighted by Gasteiger charge is 2.09. The van der Waals surface area contributed by atoms with Gasteiger partial charge >= 0.3 is 0 Å². The van der Waals surface area contributed by atoms with Crippen LogP contribution in [0.5, 0.6) is 0 Å². The SMILES string of the molecule is COCc1cccc(CNCC(C#N)c2ccccc2)c1. The molecule has 0 spiro atoms. The Bertz CT molecular complexity index is 590. The number of ether oxygens (including phenoxy) is 1. The Morgan fingerprint density at radius 2 is 1.86 bits per heavy atom. The molecule has 0 fully saturated rings. The van der Waals surface area contributed by atoms with Crippen LogP contribution in [-0.2, 0) is 17.9 Å². The highest BCUT2D eigenvalue weighted by molar-refractivity contribution is 5.26. The van der Waals surface area contributed by atoms with Gasteiger partial charge in [-0.05, 0) is 16.7 Å². The molecule has 21 heavy (non-hydrogen) atoms. The summed E-state index contributed by atoms with van der Waals surface area (Å²) >= 11 is 0. The minimum absolute atomic E-state index is 0.117. The molecule has 2 aromatic rings. The van der Waals surface area contributed by atoms with Crippen LogP contribution in [0.25, 0.3) is 0 Å². The molecule has 1 N–H and O–H groups in total. The van der Waals surface area contributed by atoms with E-state index < -0.39 is 0 Å². The van der Waals surface area contributed by atoms with Crippen molar-refractivity contribution in [3.05, 3.63) is 71.3 Å². The van der Waals surface area contributed by atoms with Gasteiger partial charge in [0, 0.05) is 20.2 Å². The molecule has 2 aromatic carbocycles. The molecule has 0 bridgehead atoms. The first-order valence-electron chi connectivity index (χ1n) is 7.05. The van der Waals surface area contributed by atoms with E-state index in [0.29, 0.717) is 13.2 Å². The molecule has 0 radical (unpaired) electrons. The second-order valence-corrected chi connectivity index (χ2v) is 4.98. The number of nitriles is 1. The summed E-state index contributed by atoms with van der Waals surface area (Å²) in [4.78, 5) is 0. The van der Waals surface area contributed by atoms with Crippen LogP contribution in [-0.4, -0.2) is 13.7 Å². The van der Waals surface area contributed by atoms with Gasteiger partial charge in [0.2, 0.25) is 0 Å². The third kappa shape index (κ3) is 4.71. The van der Waals surface area contributed by atoms with Gasteiger partial charge in [-0.3, -0.25) is 0 Å². The van der Waals surface area contributed by atoms with Gasteiger partial charge in [0.15, 0.2) is 0 Å². The Balaban J connectivity index is 1.89. The Labute approximate surface area is 126 Å². The molecule has 0 amide bonds. The van der Waals surface area contributed by atoms with E-state index in [4.69, 9.17) is 4.74 Å². The second-order valence-electron chi connectivity index (χ2n) is 4.98. The average Bonchev–Trinajstić information content (AvgIpc) is 2.53. The molecular weight excluding hydrogens is 260 g/mol. The molecule has 1 unspecified atom stereocenters. The lowest BCUT2D eigenvalue weighted by atomic mass is 10.0. The lowest BCUT2D eigenvalue weighted by molar-refractivity contribution is 0.185. The number of methoxy groups -OCH3 is 1. The summed E-state index contributed by atoms with van der Waals surface area (Å²) in [7, 11) is 1.70. The number of hydrogen-bond acceptors (Lipinski definition) is 3. The molecule has 0 aliphatic rings. The van der Waals surface area contributed by atoms with E-state index in [1.54, 1.807) is 7.11 Å². The zero-order valence-electron chi connectivity index (χ0n) is 12.3. The molecule has 0 aliphatic heterocycles. The van der Waals surface area contributed by atoms with Crippen LogP contribution >= 0.6 is 0 Å². The van der Waals surface area contributed by atoms with E-state index in [0.717, 1.165) is 17.7 Å². The van der Waals surface area contributed by atoms with E-state index in [1.807, 2.05) is 36.4 Å². The fourth-order valence-electron chi connectivity index (χ4n) is 2.28. The molecule has 108 valence electrons. The highest BCUT2D eigenvalue weighted by atomic mass is 16.5. The lowest BCUT2D eigenvalue weighted by Crippen LogP contribution is -2.20. The van der Waals surface area contributed by atoms with Crippen LogP contribution in [0.4, 0.5) is 0 Å². The number of nitrogens with one attached hydrogen (secondary N) is 1. The normalized spacial score (nSPS) is 11.8. The van der Waals surface area contributed by atoms with Crippen molar-refractivity contribution in [2.75, 3.05) is 13.7 Å². The van der Waals surface area contributed by atoms with Crippen molar-refractivity contribution in [2.24, 2.45) is 0 Å². The van der Waals surface area contributed by atoms with Gasteiger partial charge in [-0.1, -0.05) is 54.6 Å². The quantitative estimate of drug-likeness (QED) is 0.847. The number of hydrogen-bond donors (Lipinski definition) is 1. The topological polar surface area (TPSA) is 45.0 Å². The Morgan fingerprint density at radius 1 is 1.10 bits per heavy atom. The van der Waals surface area contributed by atoms with Gasteiger partial charge in [0.05, 0.1) is 18.6 Å². The largest absolute Gasteiger partial charge is 0.380 e. The zero-order valence-corrected chi connectivity index (χ0v) is 12.3. The molecular formula is C18H20N2O. The van der Waals surface area contributed by atoms with Crippen molar-refractivity contribution < 1.29 is 4.74 Å². The van der Waals surface area contributed by atoms with Gasteiger partial charge in [0.1, 0.15) is 0 Å². The van der Waals surface area contributed by atoms with Crippen molar-refractivity contribution in [1.82, 2.24) is 5.32 Å². The highest BCUT2D eigenvalue weighted by Crippen LogP contribution is 2.13. The van der Waals surface area contributed by atoms with E-state index in [1.165, 1.54) is 5.56 Å². The van der Waals surface area contributed by atoms with E-state index in [2.05, 4.69) is 29.6 Å². The fraction of sp³-hybridized carbons (Fsp3) is 0.278. The van der Waals surface area contributed by atoms with Gasteiger partial charge in [-0.25, -0.2) is 0 Å². The Morgan fingerprint density at radius 3 is 2.57 bits per heavy atom. The molecule has 3 nitrogen and oxygen atoms in total. The third-order valence-electron chi connectivity index (χ3n) is 3.34. The molecule has 1 atom stereocenters.